The predicted molar refractivity (Wildman–Crippen MR) is 58.7 cm³/mol. The Morgan fingerprint density at radius 2 is 2.36 bits per heavy atom. The quantitative estimate of drug-likeness (QED) is 0.707. The summed E-state index contributed by atoms with van der Waals surface area (Å²) in [5, 5.41) is 9.78. The fourth-order valence-corrected chi connectivity index (χ4v) is 2.22. The Labute approximate surface area is 85.1 Å². The van der Waals surface area contributed by atoms with E-state index >= 15 is 0 Å². The maximum atomic E-state index is 9.78. The number of hydrogen-bond acceptors (Lipinski definition) is 1. The summed E-state index contributed by atoms with van der Waals surface area (Å²) in [6.45, 7) is 5.92. The number of allylic oxidation sites excluding steroid dienone is 1. The monoisotopic (exact) mass is 188 g/mol. The van der Waals surface area contributed by atoms with Gasteiger partial charge in [-0.05, 0) is 47.9 Å². The van der Waals surface area contributed by atoms with E-state index in [1.165, 1.54) is 17.5 Å². The first-order valence-electron chi connectivity index (χ1n) is 5.18. The predicted octanol–water partition coefficient (Wildman–Crippen LogP) is 3.17. The lowest BCUT2D eigenvalue weighted by atomic mass is 9.99. The Kier molecular flexibility index (Phi) is 2.32. The van der Waals surface area contributed by atoms with Crippen LogP contribution in [-0.2, 0) is 12.8 Å². The van der Waals surface area contributed by atoms with Gasteiger partial charge in [0.25, 0.3) is 0 Å². The molecule has 0 radical (unpaired) electrons. The lowest BCUT2D eigenvalue weighted by molar-refractivity contribution is 0.468. The average Bonchev–Trinajstić information content (AvgIpc) is 2.50. The fraction of sp³-hybridized carbons (Fsp3) is 0.385. The van der Waals surface area contributed by atoms with E-state index in [0.717, 1.165) is 18.4 Å². The van der Waals surface area contributed by atoms with Crippen LogP contribution in [0.5, 0.6) is 5.75 Å². The van der Waals surface area contributed by atoms with E-state index in [1.54, 1.807) is 0 Å². The number of phenolic OH excluding ortho intramolecular Hbond substituents is 1. The molecule has 0 fully saturated rings. The zero-order valence-electron chi connectivity index (χ0n) is 8.59. The van der Waals surface area contributed by atoms with Crippen molar-refractivity contribution in [3.05, 3.63) is 41.5 Å². The van der Waals surface area contributed by atoms with Crippen molar-refractivity contribution in [2.75, 3.05) is 0 Å². The van der Waals surface area contributed by atoms with E-state index in [9.17, 15) is 5.11 Å². The lowest BCUT2D eigenvalue weighted by Gasteiger charge is -2.08. The molecule has 1 aromatic carbocycles. The second-order valence-electron chi connectivity index (χ2n) is 4.11. The summed E-state index contributed by atoms with van der Waals surface area (Å²) in [4.78, 5) is 0. The molecule has 1 aromatic rings. The molecule has 1 unspecified atom stereocenters. The van der Waals surface area contributed by atoms with Crippen LogP contribution in [0.25, 0.3) is 0 Å². The number of aromatic hydroxyl groups is 1. The van der Waals surface area contributed by atoms with Gasteiger partial charge in [0.05, 0.1) is 0 Å². The van der Waals surface area contributed by atoms with Gasteiger partial charge in [-0.3, -0.25) is 0 Å². The highest BCUT2D eigenvalue weighted by molar-refractivity contribution is 5.46. The zero-order valence-corrected chi connectivity index (χ0v) is 8.59. The van der Waals surface area contributed by atoms with Crippen molar-refractivity contribution in [2.24, 2.45) is 0 Å². The molecule has 1 N–H and O–H groups in total. The molecule has 0 saturated carbocycles. The Morgan fingerprint density at radius 3 is 3.07 bits per heavy atom. The van der Waals surface area contributed by atoms with Gasteiger partial charge in [-0.1, -0.05) is 19.1 Å². The highest BCUT2D eigenvalue weighted by Gasteiger charge is 2.20. The van der Waals surface area contributed by atoms with Crippen molar-refractivity contribution in [2.45, 2.75) is 32.1 Å². The Morgan fingerprint density at radius 1 is 1.57 bits per heavy atom. The van der Waals surface area contributed by atoms with Crippen LogP contribution in [0.1, 0.15) is 36.0 Å². The maximum Gasteiger partial charge on any atom is 0.119 e. The molecule has 1 heteroatoms. The SMILES string of the molecule is C=CCc1cc2c(cc1O)C(C)CC2. The highest BCUT2D eigenvalue weighted by Crippen LogP contribution is 2.36. The van der Waals surface area contributed by atoms with E-state index < -0.39 is 0 Å². The Balaban J connectivity index is 2.44. The third kappa shape index (κ3) is 1.43. The highest BCUT2D eigenvalue weighted by atomic mass is 16.3. The van der Waals surface area contributed by atoms with E-state index in [0.29, 0.717) is 11.7 Å². The minimum Gasteiger partial charge on any atom is -0.508 e. The van der Waals surface area contributed by atoms with Crippen molar-refractivity contribution < 1.29 is 5.11 Å². The minimum atomic E-state index is 0.428. The van der Waals surface area contributed by atoms with E-state index in [1.807, 2.05) is 12.1 Å². The first-order chi connectivity index (χ1) is 6.72. The summed E-state index contributed by atoms with van der Waals surface area (Å²) in [6, 6.07) is 4.07. The van der Waals surface area contributed by atoms with E-state index in [-0.39, 0.29) is 0 Å². The normalized spacial score (nSPS) is 19.4. The number of hydrogen-bond donors (Lipinski definition) is 1. The second kappa shape index (κ2) is 3.49. The molecule has 74 valence electrons. The number of phenols is 1. The van der Waals surface area contributed by atoms with Crippen molar-refractivity contribution >= 4 is 0 Å². The van der Waals surface area contributed by atoms with Crippen LogP contribution in [0.4, 0.5) is 0 Å². The summed E-state index contributed by atoms with van der Waals surface area (Å²) in [7, 11) is 0. The Hall–Kier alpha value is -1.24. The molecule has 0 aliphatic heterocycles. The smallest absolute Gasteiger partial charge is 0.119 e. The van der Waals surface area contributed by atoms with Crippen molar-refractivity contribution in [3.63, 3.8) is 0 Å². The van der Waals surface area contributed by atoms with Gasteiger partial charge >= 0.3 is 0 Å². The molecule has 0 aromatic heterocycles. The first kappa shape index (κ1) is 9.32. The molecule has 0 heterocycles. The van der Waals surface area contributed by atoms with Gasteiger partial charge in [-0.15, -0.1) is 6.58 Å². The standard InChI is InChI=1S/C13H16O/c1-3-4-11-7-10-6-5-9(2)12(10)8-13(11)14/h3,7-9,14H,1,4-6H2,2H3. The van der Waals surface area contributed by atoms with E-state index in [4.69, 9.17) is 0 Å². The number of benzene rings is 1. The van der Waals surface area contributed by atoms with Crippen LogP contribution < -0.4 is 0 Å². The fourth-order valence-electron chi connectivity index (χ4n) is 2.22. The van der Waals surface area contributed by atoms with Gasteiger partial charge < -0.3 is 5.11 Å². The van der Waals surface area contributed by atoms with Gasteiger partial charge in [0, 0.05) is 0 Å². The van der Waals surface area contributed by atoms with Gasteiger partial charge in [-0.25, -0.2) is 0 Å². The molecule has 1 aliphatic rings. The topological polar surface area (TPSA) is 20.2 Å². The molecule has 0 bridgehead atoms. The maximum absolute atomic E-state index is 9.78. The second-order valence-corrected chi connectivity index (χ2v) is 4.11. The van der Waals surface area contributed by atoms with Crippen LogP contribution >= 0.6 is 0 Å². The number of rotatable bonds is 2. The third-order valence-corrected chi connectivity index (χ3v) is 3.08. The molecular weight excluding hydrogens is 172 g/mol. The van der Waals surface area contributed by atoms with E-state index in [2.05, 4.69) is 19.6 Å². The van der Waals surface area contributed by atoms with Crippen LogP contribution in [0.15, 0.2) is 24.8 Å². The van der Waals surface area contributed by atoms with Gasteiger partial charge in [0.15, 0.2) is 0 Å². The molecule has 0 saturated heterocycles. The molecule has 1 atom stereocenters. The minimum absolute atomic E-state index is 0.428. The molecule has 1 aliphatic carbocycles. The van der Waals surface area contributed by atoms with Gasteiger partial charge in [-0.2, -0.15) is 0 Å². The molecule has 1 nitrogen and oxygen atoms in total. The van der Waals surface area contributed by atoms with Gasteiger partial charge in [0.1, 0.15) is 5.75 Å². The summed E-state index contributed by atoms with van der Waals surface area (Å²) in [5.41, 5.74) is 3.75. The van der Waals surface area contributed by atoms with Crippen LogP contribution in [0.3, 0.4) is 0 Å². The zero-order chi connectivity index (χ0) is 10.1. The molecule has 14 heavy (non-hydrogen) atoms. The molecular formula is C13H16O. The lowest BCUT2D eigenvalue weighted by Crippen LogP contribution is -1.90. The summed E-state index contributed by atoms with van der Waals surface area (Å²) >= 11 is 0. The average molecular weight is 188 g/mol. The summed E-state index contributed by atoms with van der Waals surface area (Å²) < 4.78 is 0. The van der Waals surface area contributed by atoms with Crippen LogP contribution in [0, 0.1) is 0 Å². The largest absolute Gasteiger partial charge is 0.508 e. The van der Waals surface area contributed by atoms with Crippen molar-refractivity contribution in [3.8, 4) is 5.75 Å². The van der Waals surface area contributed by atoms with Crippen molar-refractivity contribution in [1.82, 2.24) is 0 Å². The molecule has 0 spiro atoms. The number of aryl methyl sites for hydroxylation is 1. The van der Waals surface area contributed by atoms with Gasteiger partial charge in [0.2, 0.25) is 0 Å². The summed E-state index contributed by atoms with van der Waals surface area (Å²) in [5.74, 6) is 1.03. The third-order valence-electron chi connectivity index (χ3n) is 3.08. The molecule has 0 amide bonds. The molecule has 2 rings (SSSR count). The van der Waals surface area contributed by atoms with Crippen LogP contribution in [-0.4, -0.2) is 5.11 Å². The van der Waals surface area contributed by atoms with Crippen molar-refractivity contribution in [1.29, 1.82) is 0 Å². The Bertz CT molecular complexity index is 366. The summed E-state index contributed by atoms with van der Waals surface area (Å²) in [6.07, 6.45) is 4.96. The number of fused-ring (bicyclic) bond motifs is 1. The first-order valence-corrected chi connectivity index (χ1v) is 5.18. The van der Waals surface area contributed by atoms with Crippen LogP contribution in [0.2, 0.25) is 0 Å².